The fourth-order valence-electron chi connectivity index (χ4n) is 3.44. The summed E-state index contributed by atoms with van der Waals surface area (Å²) in [6, 6.07) is 0.623. The minimum Gasteiger partial charge on any atom is -0.377 e. The van der Waals surface area contributed by atoms with Crippen molar-refractivity contribution < 1.29 is 4.74 Å². The predicted octanol–water partition coefficient (Wildman–Crippen LogP) is 2.59. The number of nitrogens with zero attached hydrogens (tertiary/aromatic N) is 1. The first-order chi connectivity index (χ1) is 7.67. The van der Waals surface area contributed by atoms with Crippen molar-refractivity contribution in [1.29, 1.82) is 0 Å². The molecule has 3 heteroatoms. The predicted molar refractivity (Wildman–Crippen MR) is 71.2 cm³/mol. The second-order valence-corrected chi connectivity index (χ2v) is 6.03. The van der Waals surface area contributed by atoms with E-state index in [1.807, 2.05) is 0 Å². The zero-order chi connectivity index (χ0) is 11.6. The van der Waals surface area contributed by atoms with E-state index in [1.165, 1.54) is 38.6 Å². The molecule has 2 atom stereocenters. The lowest BCUT2D eigenvalue weighted by Gasteiger charge is -2.36. The summed E-state index contributed by atoms with van der Waals surface area (Å²) in [6.07, 6.45) is 7.12. The van der Waals surface area contributed by atoms with Crippen LogP contribution in [-0.4, -0.2) is 43.0 Å². The van der Waals surface area contributed by atoms with Gasteiger partial charge in [-0.3, -0.25) is 0 Å². The van der Waals surface area contributed by atoms with Crippen LogP contribution in [0.2, 0.25) is 0 Å². The highest BCUT2D eigenvalue weighted by atomic mass is 32.1. The smallest absolute Gasteiger partial charge is 0.0702 e. The Kier molecular flexibility index (Phi) is 4.20. The molecule has 0 aromatic rings. The van der Waals surface area contributed by atoms with Gasteiger partial charge in [0.15, 0.2) is 0 Å². The maximum Gasteiger partial charge on any atom is 0.0702 e. The van der Waals surface area contributed by atoms with Gasteiger partial charge in [-0.2, -0.15) is 12.6 Å². The summed E-state index contributed by atoms with van der Waals surface area (Å²) in [5, 5.41) is 0. The summed E-state index contributed by atoms with van der Waals surface area (Å²) in [4.78, 5) is 2.53. The molecule has 0 N–H and O–H groups in total. The molecule has 1 saturated heterocycles. The maximum absolute atomic E-state index is 5.66. The Balaban J connectivity index is 1.92. The van der Waals surface area contributed by atoms with Crippen molar-refractivity contribution >= 4 is 12.6 Å². The van der Waals surface area contributed by atoms with Crippen molar-refractivity contribution in [2.24, 2.45) is 5.41 Å². The lowest BCUT2D eigenvalue weighted by molar-refractivity contribution is 0.0683. The van der Waals surface area contributed by atoms with Gasteiger partial charge in [0, 0.05) is 19.2 Å². The first-order valence-corrected chi connectivity index (χ1v) is 7.23. The molecule has 1 saturated carbocycles. The lowest BCUT2D eigenvalue weighted by atomic mass is 9.87. The SMILES string of the molecule is CC1OCCC1N(C)CC1(CS)CCCC1. The van der Waals surface area contributed by atoms with Gasteiger partial charge in [0.1, 0.15) is 0 Å². The second-order valence-electron chi connectivity index (χ2n) is 5.71. The fourth-order valence-corrected chi connectivity index (χ4v) is 3.85. The van der Waals surface area contributed by atoms with Gasteiger partial charge in [-0.05, 0) is 44.4 Å². The van der Waals surface area contributed by atoms with Crippen molar-refractivity contribution in [2.75, 3.05) is 26.0 Å². The van der Waals surface area contributed by atoms with Crippen molar-refractivity contribution in [3.63, 3.8) is 0 Å². The molecular formula is C13H25NOS. The third-order valence-electron chi connectivity index (χ3n) is 4.49. The maximum atomic E-state index is 5.66. The summed E-state index contributed by atoms with van der Waals surface area (Å²) in [6.45, 7) is 4.34. The van der Waals surface area contributed by atoms with Crippen molar-refractivity contribution in [3.8, 4) is 0 Å². The molecule has 2 nitrogen and oxygen atoms in total. The van der Waals surface area contributed by atoms with Crippen LogP contribution >= 0.6 is 12.6 Å². The molecular weight excluding hydrogens is 218 g/mol. The lowest BCUT2D eigenvalue weighted by Crippen LogP contribution is -2.43. The average molecular weight is 243 g/mol. The molecule has 0 bridgehead atoms. The highest BCUT2D eigenvalue weighted by Crippen LogP contribution is 2.40. The molecule has 0 aromatic carbocycles. The van der Waals surface area contributed by atoms with Crippen LogP contribution < -0.4 is 0 Å². The van der Waals surface area contributed by atoms with E-state index in [-0.39, 0.29) is 0 Å². The normalized spacial score (nSPS) is 33.8. The minimum absolute atomic E-state index is 0.406. The summed E-state index contributed by atoms with van der Waals surface area (Å²) < 4.78 is 5.66. The molecule has 0 spiro atoms. The Labute approximate surface area is 105 Å². The van der Waals surface area contributed by atoms with E-state index in [9.17, 15) is 0 Å². The molecule has 0 radical (unpaired) electrons. The third kappa shape index (κ3) is 2.57. The highest BCUT2D eigenvalue weighted by Gasteiger charge is 2.37. The fraction of sp³-hybridized carbons (Fsp3) is 1.00. The van der Waals surface area contributed by atoms with Crippen LogP contribution in [0.1, 0.15) is 39.0 Å². The Morgan fingerprint density at radius 1 is 1.38 bits per heavy atom. The van der Waals surface area contributed by atoms with Crippen molar-refractivity contribution in [2.45, 2.75) is 51.2 Å². The van der Waals surface area contributed by atoms with Gasteiger partial charge >= 0.3 is 0 Å². The average Bonchev–Trinajstić information content (AvgIpc) is 2.87. The van der Waals surface area contributed by atoms with Crippen LogP contribution in [-0.2, 0) is 4.74 Å². The summed E-state index contributed by atoms with van der Waals surface area (Å²) in [7, 11) is 2.26. The molecule has 0 aromatic heterocycles. The van der Waals surface area contributed by atoms with Gasteiger partial charge in [-0.25, -0.2) is 0 Å². The van der Waals surface area contributed by atoms with E-state index in [2.05, 4.69) is 31.5 Å². The van der Waals surface area contributed by atoms with E-state index in [1.54, 1.807) is 0 Å². The first-order valence-electron chi connectivity index (χ1n) is 6.60. The van der Waals surface area contributed by atoms with Gasteiger partial charge in [-0.15, -0.1) is 0 Å². The van der Waals surface area contributed by atoms with Crippen LogP contribution in [0, 0.1) is 5.41 Å². The van der Waals surface area contributed by atoms with Crippen LogP contribution in [0.15, 0.2) is 0 Å². The van der Waals surface area contributed by atoms with Gasteiger partial charge in [0.05, 0.1) is 6.10 Å². The van der Waals surface area contributed by atoms with Gasteiger partial charge in [0.25, 0.3) is 0 Å². The minimum atomic E-state index is 0.406. The Hall–Kier alpha value is 0.270. The van der Waals surface area contributed by atoms with Gasteiger partial charge in [-0.1, -0.05) is 12.8 Å². The number of thiol groups is 1. The molecule has 2 fully saturated rings. The molecule has 0 amide bonds. The Bertz CT molecular complexity index is 228. The molecule has 2 rings (SSSR count). The van der Waals surface area contributed by atoms with Crippen molar-refractivity contribution in [1.82, 2.24) is 4.90 Å². The molecule has 1 aliphatic heterocycles. The number of hydrogen-bond acceptors (Lipinski definition) is 3. The Morgan fingerprint density at radius 3 is 2.56 bits per heavy atom. The summed E-state index contributed by atoms with van der Waals surface area (Å²) in [5.41, 5.74) is 0.486. The van der Waals surface area contributed by atoms with Gasteiger partial charge < -0.3 is 9.64 Å². The van der Waals surface area contributed by atoms with E-state index in [0.29, 0.717) is 17.6 Å². The van der Waals surface area contributed by atoms with E-state index in [0.717, 1.165) is 12.4 Å². The first kappa shape index (κ1) is 12.7. The van der Waals surface area contributed by atoms with E-state index < -0.39 is 0 Å². The number of rotatable bonds is 4. The molecule has 1 heterocycles. The standard InChI is InChI=1S/C13H25NOS/c1-11-12(5-8-15-11)14(2)9-13(10-16)6-3-4-7-13/h11-12,16H,3-10H2,1-2H3. The zero-order valence-corrected chi connectivity index (χ0v) is 11.5. The molecule has 2 unspecified atom stereocenters. The quantitative estimate of drug-likeness (QED) is 0.762. The van der Waals surface area contributed by atoms with Crippen LogP contribution in [0.25, 0.3) is 0 Å². The van der Waals surface area contributed by atoms with E-state index >= 15 is 0 Å². The van der Waals surface area contributed by atoms with Gasteiger partial charge in [0.2, 0.25) is 0 Å². The van der Waals surface area contributed by atoms with Crippen molar-refractivity contribution in [3.05, 3.63) is 0 Å². The second kappa shape index (κ2) is 5.28. The van der Waals surface area contributed by atoms with E-state index in [4.69, 9.17) is 4.74 Å². The molecule has 16 heavy (non-hydrogen) atoms. The topological polar surface area (TPSA) is 12.5 Å². The summed E-state index contributed by atoms with van der Waals surface area (Å²) in [5.74, 6) is 1.04. The largest absolute Gasteiger partial charge is 0.377 e. The van der Waals surface area contributed by atoms with Crippen LogP contribution in [0.4, 0.5) is 0 Å². The molecule has 2 aliphatic rings. The number of hydrogen-bond donors (Lipinski definition) is 1. The highest BCUT2D eigenvalue weighted by molar-refractivity contribution is 7.80. The van der Waals surface area contributed by atoms with Crippen LogP contribution in [0.5, 0.6) is 0 Å². The monoisotopic (exact) mass is 243 g/mol. The van der Waals surface area contributed by atoms with Crippen LogP contribution in [0.3, 0.4) is 0 Å². The molecule has 1 aliphatic carbocycles. The third-order valence-corrected chi connectivity index (χ3v) is 5.16. The Morgan fingerprint density at radius 2 is 2.06 bits per heavy atom. The molecule has 94 valence electrons. The number of likely N-dealkylation sites (N-methyl/N-ethyl adjacent to an activating group) is 1. The zero-order valence-electron chi connectivity index (χ0n) is 10.6. The number of ether oxygens (including phenoxy) is 1. The summed E-state index contributed by atoms with van der Waals surface area (Å²) >= 11 is 4.58.